The van der Waals surface area contributed by atoms with Gasteiger partial charge in [-0.05, 0) is 43.4 Å². The standard InChI is InChI=1S/C23H38F2O3/c1-2-3-4-5-6-7-11-14-20(28-23(26)27)15-12-9-8-10-13-19-16-17-21(24)22(25)18-19/h16-18,20,23,26-27H,2-15H2,1H3. The smallest absolute Gasteiger partial charge is 0.266 e. The van der Waals surface area contributed by atoms with Crippen LogP contribution in [0.5, 0.6) is 0 Å². The molecule has 1 rings (SSSR count). The van der Waals surface area contributed by atoms with Crippen LogP contribution in [0.25, 0.3) is 0 Å². The fourth-order valence-electron chi connectivity index (χ4n) is 3.53. The summed E-state index contributed by atoms with van der Waals surface area (Å²) in [5, 5.41) is 18.2. The summed E-state index contributed by atoms with van der Waals surface area (Å²) in [5.41, 5.74) is 0.822. The first kappa shape index (κ1) is 25.0. The Morgan fingerprint density at radius 1 is 0.786 bits per heavy atom. The fourth-order valence-corrected chi connectivity index (χ4v) is 3.53. The van der Waals surface area contributed by atoms with E-state index in [-0.39, 0.29) is 6.10 Å². The van der Waals surface area contributed by atoms with Gasteiger partial charge in [0, 0.05) is 0 Å². The highest BCUT2D eigenvalue weighted by Crippen LogP contribution is 2.18. The normalized spacial score (nSPS) is 12.6. The van der Waals surface area contributed by atoms with Gasteiger partial charge in [0.25, 0.3) is 6.48 Å². The van der Waals surface area contributed by atoms with Gasteiger partial charge >= 0.3 is 0 Å². The summed E-state index contributed by atoms with van der Waals surface area (Å²) in [4.78, 5) is 0. The predicted molar refractivity (Wildman–Crippen MR) is 109 cm³/mol. The molecule has 1 aromatic rings. The van der Waals surface area contributed by atoms with E-state index in [1.807, 2.05) is 0 Å². The van der Waals surface area contributed by atoms with E-state index in [4.69, 9.17) is 14.9 Å². The number of aryl methyl sites for hydroxylation is 1. The van der Waals surface area contributed by atoms with E-state index in [0.29, 0.717) is 0 Å². The van der Waals surface area contributed by atoms with Crippen LogP contribution in [-0.2, 0) is 11.2 Å². The molecule has 28 heavy (non-hydrogen) atoms. The third kappa shape index (κ3) is 12.4. The molecule has 3 nitrogen and oxygen atoms in total. The molecule has 0 aliphatic heterocycles. The molecule has 162 valence electrons. The van der Waals surface area contributed by atoms with E-state index in [2.05, 4.69) is 6.92 Å². The van der Waals surface area contributed by atoms with Crippen LogP contribution in [0, 0.1) is 11.6 Å². The van der Waals surface area contributed by atoms with Crippen LogP contribution >= 0.6 is 0 Å². The molecule has 5 heteroatoms. The monoisotopic (exact) mass is 400 g/mol. The summed E-state index contributed by atoms with van der Waals surface area (Å²) < 4.78 is 31.3. The molecule has 0 bridgehead atoms. The SMILES string of the molecule is CCCCCCCCCC(CCCCCCc1ccc(F)c(F)c1)OC(O)O. The van der Waals surface area contributed by atoms with Gasteiger partial charge in [-0.15, -0.1) is 0 Å². The van der Waals surface area contributed by atoms with Crippen LogP contribution in [0.3, 0.4) is 0 Å². The molecule has 0 radical (unpaired) electrons. The lowest BCUT2D eigenvalue weighted by molar-refractivity contribution is -0.257. The topological polar surface area (TPSA) is 49.7 Å². The quantitative estimate of drug-likeness (QED) is 0.240. The highest BCUT2D eigenvalue weighted by molar-refractivity contribution is 5.17. The van der Waals surface area contributed by atoms with Crippen molar-refractivity contribution in [3.8, 4) is 0 Å². The molecule has 0 saturated heterocycles. The maximum absolute atomic E-state index is 13.2. The highest BCUT2D eigenvalue weighted by atomic mass is 19.2. The van der Waals surface area contributed by atoms with Crippen LogP contribution in [0.15, 0.2) is 18.2 Å². The number of hydrogen-bond donors (Lipinski definition) is 2. The van der Waals surface area contributed by atoms with Crippen LogP contribution in [0.1, 0.15) is 96.0 Å². The second kappa shape index (κ2) is 15.8. The van der Waals surface area contributed by atoms with Crippen LogP contribution in [0.4, 0.5) is 8.78 Å². The van der Waals surface area contributed by atoms with Gasteiger partial charge in [-0.3, -0.25) is 0 Å². The number of aliphatic hydroxyl groups excluding tert-OH is 1. The van der Waals surface area contributed by atoms with Crippen LogP contribution in [-0.4, -0.2) is 22.8 Å². The Kier molecular flexibility index (Phi) is 14.1. The lowest BCUT2D eigenvalue weighted by Crippen LogP contribution is -2.21. The Labute approximate surface area is 169 Å². The highest BCUT2D eigenvalue weighted by Gasteiger charge is 2.12. The molecule has 2 N–H and O–H groups in total. The van der Waals surface area contributed by atoms with Gasteiger partial charge < -0.3 is 14.9 Å². The summed E-state index contributed by atoms with van der Waals surface area (Å²) in [6.45, 7) is 0.507. The zero-order valence-corrected chi connectivity index (χ0v) is 17.3. The molecule has 1 atom stereocenters. The predicted octanol–water partition coefficient (Wildman–Crippen LogP) is 6.25. The van der Waals surface area contributed by atoms with Gasteiger partial charge in [-0.25, -0.2) is 8.78 Å². The minimum absolute atomic E-state index is 0.109. The first-order valence-corrected chi connectivity index (χ1v) is 11.0. The summed E-state index contributed by atoms with van der Waals surface area (Å²) in [7, 11) is 0. The van der Waals surface area contributed by atoms with Crippen molar-refractivity contribution in [1.82, 2.24) is 0 Å². The minimum Gasteiger partial charge on any atom is -0.346 e. The molecule has 0 amide bonds. The summed E-state index contributed by atoms with van der Waals surface area (Å²) in [6, 6.07) is 4.08. The first-order valence-electron chi connectivity index (χ1n) is 11.0. The average Bonchev–Trinajstić information content (AvgIpc) is 2.65. The first-order chi connectivity index (χ1) is 13.5. The molecule has 0 fully saturated rings. The maximum atomic E-state index is 13.2. The molecule has 0 aliphatic carbocycles. The molecular weight excluding hydrogens is 362 g/mol. The Balaban J connectivity index is 2.12. The molecule has 1 unspecified atom stereocenters. The number of unbranched alkanes of at least 4 members (excludes halogenated alkanes) is 9. The van der Waals surface area contributed by atoms with Crippen molar-refractivity contribution in [2.24, 2.45) is 0 Å². The van der Waals surface area contributed by atoms with Gasteiger partial charge in [-0.1, -0.05) is 77.2 Å². The molecular formula is C23H38F2O3. The largest absolute Gasteiger partial charge is 0.346 e. The van der Waals surface area contributed by atoms with Crippen molar-refractivity contribution in [3.63, 3.8) is 0 Å². The van der Waals surface area contributed by atoms with Gasteiger partial charge in [0.1, 0.15) is 0 Å². The molecule has 0 aromatic heterocycles. The number of benzene rings is 1. The summed E-state index contributed by atoms with van der Waals surface area (Å²) >= 11 is 0. The fraction of sp³-hybridized carbons (Fsp3) is 0.739. The van der Waals surface area contributed by atoms with Crippen LogP contribution in [0.2, 0.25) is 0 Å². The van der Waals surface area contributed by atoms with Gasteiger partial charge in [0.05, 0.1) is 6.10 Å². The van der Waals surface area contributed by atoms with Crippen molar-refractivity contribution in [2.75, 3.05) is 0 Å². The number of ether oxygens (including phenoxy) is 1. The van der Waals surface area contributed by atoms with E-state index < -0.39 is 18.1 Å². The van der Waals surface area contributed by atoms with E-state index in [1.165, 1.54) is 50.7 Å². The van der Waals surface area contributed by atoms with E-state index in [9.17, 15) is 8.78 Å². The van der Waals surface area contributed by atoms with Gasteiger partial charge in [-0.2, -0.15) is 0 Å². The number of hydrogen-bond acceptors (Lipinski definition) is 3. The average molecular weight is 401 g/mol. The van der Waals surface area contributed by atoms with E-state index >= 15 is 0 Å². The third-order valence-corrected chi connectivity index (χ3v) is 5.17. The maximum Gasteiger partial charge on any atom is 0.266 e. The van der Waals surface area contributed by atoms with Gasteiger partial charge in [0.15, 0.2) is 11.6 Å². The number of rotatable bonds is 17. The third-order valence-electron chi connectivity index (χ3n) is 5.17. The molecule has 0 aliphatic rings. The lowest BCUT2D eigenvalue weighted by atomic mass is 10.0. The van der Waals surface area contributed by atoms with Crippen molar-refractivity contribution < 1.29 is 23.7 Å². The Bertz CT molecular complexity index is 509. The number of halogens is 2. The zero-order chi connectivity index (χ0) is 20.6. The Morgan fingerprint density at radius 3 is 1.93 bits per heavy atom. The van der Waals surface area contributed by atoms with Crippen LogP contribution < -0.4 is 0 Å². The minimum atomic E-state index is -1.71. The second-order valence-corrected chi connectivity index (χ2v) is 7.70. The van der Waals surface area contributed by atoms with Crippen molar-refractivity contribution in [3.05, 3.63) is 35.4 Å². The van der Waals surface area contributed by atoms with E-state index in [1.54, 1.807) is 6.07 Å². The lowest BCUT2D eigenvalue weighted by Gasteiger charge is -2.19. The summed E-state index contributed by atoms with van der Waals surface area (Å²) in [6.07, 6.45) is 14.8. The van der Waals surface area contributed by atoms with Crippen molar-refractivity contribution in [1.29, 1.82) is 0 Å². The second-order valence-electron chi connectivity index (χ2n) is 7.70. The van der Waals surface area contributed by atoms with E-state index in [0.717, 1.165) is 56.9 Å². The Morgan fingerprint density at radius 2 is 1.36 bits per heavy atom. The zero-order valence-electron chi connectivity index (χ0n) is 17.3. The molecule has 0 spiro atoms. The Hall–Kier alpha value is -1.04. The van der Waals surface area contributed by atoms with Crippen molar-refractivity contribution >= 4 is 0 Å². The molecule has 0 saturated carbocycles. The van der Waals surface area contributed by atoms with Crippen molar-refractivity contribution in [2.45, 2.75) is 109 Å². The molecule has 0 heterocycles. The molecule has 1 aromatic carbocycles. The summed E-state index contributed by atoms with van der Waals surface area (Å²) in [5.74, 6) is -1.59. The van der Waals surface area contributed by atoms with Gasteiger partial charge in [0.2, 0.25) is 0 Å². The number of aliphatic hydroxyl groups is 2.